The number of nitrogens with zero attached hydrogens (tertiary/aromatic N) is 1. The zero-order chi connectivity index (χ0) is 12.3. The van der Waals surface area contributed by atoms with E-state index >= 15 is 0 Å². The number of nitrogens with two attached hydrogens (primary N) is 1. The lowest BCUT2D eigenvalue weighted by molar-refractivity contribution is -0.0182. The molecule has 0 radical (unpaired) electrons. The van der Waals surface area contributed by atoms with Gasteiger partial charge in [-0.25, -0.2) is 0 Å². The molecule has 2 rings (SSSR count). The Kier molecular flexibility index (Phi) is 4.56. The van der Waals surface area contributed by atoms with Gasteiger partial charge in [-0.1, -0.05) is 6.92 Å². The van der Waals surface area contributed by atoms with E-state index in [0.29, 0.717) is 24.6 Å². The first-order chi connectivity index (χ1) is 8.26. The van der Waals surface area contributed by atoms with Crippen molar-refractivity contribution in [3.63, 3.8) is 0 Å². The van der Waals surface area contributed by atoms with Crippen LogP contribution in [-0.4, -0.2) is 37.7 Å². The second kappa shape index (κ2) is 5.96. The molecule has 3 unspecified atom stereocenters. The van der Waals surface area contributed by atoms with Crippen molar-refractivity contribution in [2.75, 3.05) is 26.7 Å². The normalized spacial score (nSPS) is 28.2. The lowest BCUT2D eigenvalue weighted by Crippen LogP contribution is -2.47. The van der Waals surface area contributed by atoms with E-state index in [1.165, 1.54) is 12.0 Å². The van der Waals surface area contributed by atoms with Crippen molar-refractivity contribution in [2.45, 2.75) is 25.5 Å². The minimum absolute atomic E-state index is 0.344. The summed E-state index contributed by atoms with van der Waals surface area (Å²) < 4.78 is 5.57. The smallest absolute Gasteiger partial charge is 0.0724 e. The summed E-state index contributed by atoms with van der Waals surface area (Å²) in [5, 5.41) is 4.33. The highest BCUT2D eigenvalue weighted by Gasteiger charge is 2.30. The van der Waals surface area contributed by atoms with E-state index in [9.17, 15) is 0 Å². The Morgan fingerprint density at radius 3 is 3.06 bits per heavy atom. The van der Waals surface area contributed by atoms with Gasteiger partial charge in [-0.3, -0.25) is 4.90 Å². The fourth-order valence-electron chi connectivity index (χ4n) is 2.61. The van der Waals surface area contributed by atoms with Crippen LogP contribution in [0.4, 0.5) is 0 Å². The average molecular weight is 254 g/mol. The van der Waals surface area contributed by atoms with Gasteiger partial charge in [0.25, 0.3) is 0 Å². The molecule has 2 heterocycles. The SMILES string of the molecule is COC1CN(C(CN)c2ccsc2)CCC1C. The van der Waals surface area contributed by atoms with Crippen LogP contribution in [0.1, 0.15) is 24.9 Å². The van der Waals surface area contributed by atoms with Crippen molar-refractivity contribution < 1.29 is 4.74 Å². The standard InChI is InChI=1S/C13H22N2OS/c1-10-3-5-15(8-13(10)16-2)12(7-14)11-4-6-17-9-11/h4,6,9-10,12-13H,3,5,7-8,14H2,1-2H3. The van der Waals surface area contributed by atoms with Gasteiger partial charge < -0.3 is 10.5 Å². The average Bonchev–Trinajstić information content (AvgIpc) is 2.86. The van der Waals surface area contributed by atoms with Gasteiger partial charge in [-0.2, -0.15) is 11.3 Å². The van der Waals surface area contributed by atoms with E-state index in [0.717, 1.165) is 13.1 Å². The second-order valence-corrected chi connectivity index (χ2v) is 5.62. The summed E-state index contributed by atoms with van der Waals surface area (Å²) in [7, 11) is 1.81. The zero-order valence-corrected chi connectivity index (χ0v) is 11.5. The molecule has 2 N–H and O–H groups in total. The Hall–Kier alpha value is -0.420. The highest BCUT2D eigenvalue weighted by molar-refractivity contribution is 7.07. The van der Waals surface area contributed by atoms with E-state index in [2.05, 4.69) is 28.7 Å². The van der Waals surface area contributed by atoms with E-state index < -0.39 is 0 Å². The van der Waals surface area contributed by atoms with Gasteiger partial charge >= 0.3 is 0 Å². The van der Waals surface area contributed by atoms with Crippen molar-refractivity contribution in [2.24, 2.45) is 11.7 Å². The molecule has 1 aliphatic rings. The van der Waals surface area contributed by atoms with Crippen LogP contribution in [0, 0.1) is 5.92 Å². The predicted octanol–water partition coefficient (Wildman–Crippen LogP) is 2.10. The first kappa shape index (κ1) is 13.0. The quantitative estimate of drug-likeness (QED) is 0.894. The molecule has 1 saturated heterocycles. The van der Waals surface area contributed by atoms with Crippen LogP contribution in [0.25, 0.3) is 0 Å². The fraction of sp³-hybridized carbons (Fsp3) is 0.692. The molecule has 0 saturated carbocycles. The van der Waals surface area contributed by atoms with Crippen LogP contribution < -0.4 is 5.73 Å². The number of likely N-dealkylation sites (tertiary alicyclic amines) is 1. The van der Waals surface area contributed by atoms with Gasteiger partial charge in [0.1, 0.15) is 0 Å². The summed E-state index contributed by atoms with van der Waals surface area (Å²) in [5.41, 5.74) is 7.29. The Balaban J connectivity index is 2.06. The number of thiophene rings is 1. The molecule has 1 aromatic rings. The molecule has 0 aliphatic carbocycles. The van der Waals surface area contributed by atoms with Crippen molar-refractivity contribution in [3.05, 3.63) is 22.4 Å². The van der Waals surface area contributed by atoms with E-state index in [1.807, 2.05) is 7.11 Å². The van der Waals surface area contributed by atoms with Crippen molar-refractivity contribution in [1.82, 2.24) is 4.90 Å². The third-order valence-corrected chi connectivity index (χ3v) is 4.52. The molecule has 17 heavy (non-hydrogen) atoms. The summed E-state index contributed by atoms with van der Waals surface area (Å²) in [6, 6.07) is 2.54. The maximum atomic E-state index is 5.94. The molecule has 96 valence electrons. The molecule has 1 fully saturated rings. The Labute approximate surface area is 108 Å². The molecule has 0 aromatic carbocycles. The van der Waals surface area contributed by atoms with Gasteiger partial charge in [0.05, 0.1) is 6.10 Å². The summed E-state index contributed by atoms with van der Waals surface area (Å²) in [5.74, 6) is 0.650. The fourth-order valence-corrected chi connectivity index (χ4v) is 3.32. The topological polar surface area (TPSA) is 38.5 Å². The monoisotopic (exact) mass is 254 g/mol. The molecule has 0 bridgehead atoms. The summed E-state index contributed by atoms with van der Waals surface area (Å²) in [6.07, 6.45) is 1.54. The number of hydrogen-bond donors (Lipinski definition) is 1. The van der Waals surface area contributed by atoms with Crippen molar-refractivity contribution >= 4 is 11.3 Å². The zero-order valence-electron chi connectivity index (χ0n) is 10.6. The number of rotatable bonds is 4. The molecule has 0 amide bonds. The summed E-state index contributed by atoms with van der Waals surface area (Å²) >= 11 is 1.74. The Morgan fingerprint density at radius 2 is 2.47 bits per heavy atom. The van der Waals surface area contributed by atoms with Gasteiger partial charge in [0.15, 0.2) is 0 Å². The minimum Gasteiger partial charge on any atom is -0.380 e. The maximum absolute atomic E-state index is 5.94. The first-order valence-corrected chi connectivity index (χ1v) is 7.19. The Bertz CT molecular complexity index is 328. The van der Waals surface area contributed by atoms with Crippen molar-refractivity contribution in [1.29, 1.82) is 0 Å². The van der Waals surface area contributed by atoms with E-state index in [4.69, 9.17) is 10.5 Å². The molecule has 1 aromatic heterocycles. The van der Waals surface area contributed by atoms with Crippen LogP contribution in [-0.2, 0) is 4.74 Å². The lowest BCUT2D eigenvalue weighted by atomic mass is 9.93. The second-order valence-electron chi connectivity index (χ2n) is 4.84. The lowest BCUT2D eigenvalue weighted by Gasteiger charge is -2.40. The summed E-state index contributed by atoms with van der Waals surface area (Å²) in [6.45, 7) is 5.07. The summed E-state index contributed by atoms with van der Waals surface area (Å²) in [4.78, 5) is 2.47. The predicted molar refractivity (Wildman–Crippen MR) is 72.3 cm³/mol. The third kappa shape index (κ3) is 2.88. The van der Waals surface area contributed by atoms with Crippen LogP contribution in [0.3, 0.4) is 0 Å². The largest absolute Gasteiger partial charge is 0.380 e. The van der Waals surface area contributed by atoms with Crippen LogP contribution in [0.15, 0.2) is 16.8 Å². The highest BCUT2D eigenvalue weighted by atomic mass is 32.1. The van der Waals surface area contributed by atoms with Gasteiger partial charge in [0, 0.05) is 26.2 Å². The molecular formula is C13H22N2OS. The minimum atomic E-state index is 0.344. The maximum Gasteiger partial charge on any atom is 0.0724 e. The van der Waals surface area contributed by atoms with Gasteiger partial charge in [0.2, 0.25) is 0 Å². The molecule has 3 nitrogen and oxygen atoms in total. The molecule has 1 aliphatic heterocycles. The van der Waals surface area contributed by atoms with E-state index in [1.54, 1.807) is 11.3 Å². The van der Waals surface area contributed by atoms with Crippen molar-refractivity contribution in [3.8, 4) is 0 Å². The van der Waals surface area contributed by atoms with E-state index in [-0.39, 0.29) is 0 Å². The molecular weight excluding hydrogens is 232 g/mol. The Morgan fingerprint density at radius 1 is 1.65 bits per heavy atom. The van der Waals surface area contributed by atoms with Crippen LogP contribution >= 0.6 is 11.3 Å². The number of ether oxygens (including phenoxy) is 1. The molecule has 0 spiro atoms. The molecule has 3 atom stereocenters. The third-order valence-electron chi connectivity index (χ3n) is 3.82. The number of hydrogen-bond acceptors (Lipinski definition) is 4. The number of methoxy groups -OCH3 is 1. The van der Waals surface area contributed by atoms with Crippen LogP contribution in [0.5, 0.6) is 0 Å². The highest BCUT2D eigenvalue weighted by Crippen LogP contribution is 2.28. The van der Waals surface area contributed by atoms with Crippen LogP contribution in [0.2, 0.25) is 0 Å². The number of piperidine rings is 1. The van der Waals surface area contributed by atoms with Gasteiger partial charge in [-0.15, -0.1) is 0 Å². The first-order valence-electron chi connectivity index (χ1n) is 6.25. The molecule has 4 heteroatoms. The van der Waals surface area contributed by atoms with Gasteiger partial charge in [-0.05, 0) is 41.3 Å².